The summed E-state index contributed by atoms with van der Waals surface area (Å²) in [6, 6.07) is 17.2. The van der Waals surface area contributed by atoms with Gasteiger partial charge in [-0.2, -0.15) is 4.98 Å². The van der Waals surface area contributed by atoms with Gasteiger partial charge in [0.05, 0.1) is 0 Å². The Labute approximate surface area is 157 Å². The molecule has 0 radical (unpaired) electrons. The van der Waals surface area contributed by atoms with Crippen LogP contribution in [0.3, 0.4) is 0 Å². The van der Waals surface area contributed by atoms with E-state index in [-0.39, 0.29) is 0 Å². The molecule has 2 aromatic carbocycles. The van der Waals surface area contributed by atoms with Gasteiger partial charge in [0.2, 0.25) is 5.95 Å². The van der Waals surface area contributed by atoms with E-state index in [0.717, 1.165) is 35.2 Å². The van der Waals surface area contributed by atoms with E-state index in [4.69, 9.17) is 23.2 Å². The predicted molar refractivity (Wildman–Crippen MR) is 105 cm³/mol. The molecular weight excluding hydrogens is 355 g/mol. The Morgan fingerprint density at radius 3 is 2.44 bits per heavy atom. The standard InChI is InChI=1S/C19H18Cl2N4/c1-13-10-18(22-9-8-14-4-2-5-15(20)11-14)25-19(23-13)24-17-7-3-6-16(21)12-17/h2-7,10-12H,8-9H2,1H3,(H2,22,23,24,25). The van der Waals surface area contributed by atoms with Crippen LogP contribution < -0.4 is 10.6 Å². The van der Waals surface area contributed by atoms with E-state index >= 15 is 0 Å². The monoisotopic (exact) mass is 372 g/mol. The molecule has 0 bridgehead atoms. The number of anilines is 3. The fourth-order valence-electron chi connectivity index (χ4n) is 2.44. The Morgan fingerprint density at radius 2 is 1.68 bits per heavy atom. The first-order valence-electron chi connectivity index (χ1n) is 7.95. The summed E-state index contributed by atoms with van der Waals surface area (Å²) < 4.78 is 0. The van der Waals surface area contributed by atoms with Gasteiger partial charge in [0.25, 0.3) is 0 Å². The van der Waals surface area contributed by atoms with E-state index in [9.17, 15) is 0 Å². The lowest BCUT2D eigenvalue weighted by molar-refractivity contribution is 0.995. The average Bonchev–Trinajstić information content (AvgIpc) is 2.54. The number of hydrogen-bond donors (Lipinski definition) is 2. The van der Waals surface area contributed by atoms with Crippen molar-refractivity contribution >= 4 is 40.7 Å². The van der Waals surface area contributed by atoms with Gasteiger partial charge < -0.3 is 10.6 Å². The van der Waals surface area contributed by atoms with Crippen molar-refractivity contribution in [2.75, 3.05) is 17.2 Å². The molecule has 1 aromatic heterocycles. The maximum atomic E-state index is 6.01. The van der Waals surface area contributed by atoms with Crippen LogP contribution >= 0.6 is 23.2 Å². The van der Waals surface area contributed by atoms with Gasteiger partial charge >= 0.3 is 0 Å². The van der Waals surface area contributed by atoms with Gasteiger partial charge in [0.1, 0.15) is 5.82 Å². The minimum absolute atomic E-state index is 0.535. The number of nitrogens with zero attached hydrogens (tertiary/aromatic N) is 2. The van der Waals surface area contributed by atoms with Gasteiger partial charge in [0, 0.05) is 34.0 Å². The van der Waals surface area contributed by atoms with E-state index in [2.05, 4.69) is 26.7 Å². The molecule has 6 heteroatoms. The van der Waals surface area contributed by atoms with Crippen LogP contribution in [0.1, 0.15) is 11.3 Å². The van der Waals surface area contributed by atoms with Gasteiger partial charge in [0.15, 0.2) is 0 Å². The summed E-state index contributed by atoms with van der Waals surface area (Å²) in [5.41, 5.74) is 2.91. The van der Waals surface area contributed by atoms with Crippen LogP contribution in [0.5, 0.6) is 0 Å². The Balaban J connectivity index is 1.65. The number of rotatable bonds is 6. The van der Waals surface area contributed by atoms with Gasteiger partial charge in [-0.1, -0.05) is 41.4 Å². The van der Waals surface area contributed by atoms with Crippen molar-refractivity contribution < 1.29 is 0 Å². The summed E-state index contributed by atoms with van der Waals surface area (Å²) in [6.07, 6.45) is 0.862. The van der Waals surface area contributed by atoms with Crippen molar-refractivity contribution in [3.05, 3.63) is 75.9 Å². The van der Waals surface area contributed by atoms with Crippen molar-refractivity contribution in [1.82, 2.24) is 9.97 Å². The molecule has 0 saturated carbocycles. The third-order valence-corrected chi connectivity index (χ3v) is 4.01. The Morgan fingerprint density at radius 1 is 0.920 bits per heavy atom. The number of aryl methyl sites for hydroxylation is 1. The molecule has 4 nitrogen and oxygen atoms in total. The maximum Gasteiger partial charge on any atom is 0.229 e. The SMILES string of the molecule is Cc1cc(NCCc2cccc(Cl)c2)nc(Nc2cccc(Cl)c2)n1. The molecular formula is C19H18Cl2N4. The molecule has 3 rings (SSSR count). The summed E-state index contributed by atoms with van der Waals surface area (Å²) >= 11 is 12.0. The Kier molecular flexibility index (Phi) is 5.74. The quantitative estimate of drug-likeness (QED) is 0.600. The highest BCUT2D eigenvalue weighted by atomic mass is 35.5. The van der Waals surface area contributed by atoms with Crippen molar-refractivity contribution in [2.24, 2.45) is 0 Å². The van der Waals surface area contributed by atoms with Crippen LogP contribution in [0.2, 0.25) is 10.0 Å². The lowest BCUT2D eigenvalue weighted by Crippen LogP contribution is -2.08. The van der Waals surface area contributed by atoms with Crippen LogP contribution in [0.4, 0.5) is 17.5 Å². The van der Waals surface area contributed by atoms with Crippen LogP contribution in [0.25, 0.3) is 0 Å². The summed E-state index contributed by atoms with van der Waals surface area (Å²) in [7, 11) is 0. The zero-order valence-corrected chi connectivity index (χ0v) is 15.3. The molecule has 0 aliphatic rings. The molecule has 0 spiro atoms. The fourth-order valence-corrected chi connectivity index (χ4v) is 2.84. The highest BCUT2D eigenvalue weighted by molar-refractivity contribution is 6.31. The molecule has 0 atom stereocenters. The molecule has 0 fully saturated rings. The average molecular weight is 373 g/mol. The molecule has 3 aromatic rings. The van der Waals surface area contributed by atoms with Crippen LogP contribution in [0, 0.1) is 6.92 Å². The second-order valence-electron chi connectivity index (χ2n) is 5.66. The largest absolute Gasteiger partial charge is 0.370 e. The molecule has 2 N–H and O–H groups in total. The minimum Gasteiger partial charge on any atom is -0.370 e. The van der Waals surface area contributed by atoms with Crippen molar-refractivity contribution in [3.63, 3.8) is 0 Å². The summed E-state index contributed by atoms with van der Waals surface area (Å²) in [5, 5.41) is 7.93. The molecule has 0 amide bonds. The van der Waals surface area contributed by atoms with E-state index in [1.165, 1.54) is 5.56 Å². The van der Waals surface area contributed by atoms with Crippen LogP contribution in [-0.4, -0.2) is 16.5 Å². The normalized spacial score (nSPS) is 10.5. The zero-order valence-electron chi connectivity index (χ0n) is 13.8. The summed E-state index contributed by atoms with van der Waals surface area (Å²) in [5.74, 6) is 1.31. The first-order chi connectivity index (χ1) is 12.1. The Bertz CT molecular complexity index is 868. The lowest BCUT2D eigenvalue weighted by atomic mass is 10.1. The number of nitrogens with one attached hydrogen (secondary N) is 2. The first kappa shape index (κ1) is 17.5. The maximum absolute atomic E-state index is 6.01. The highest BCUT2D eigenvalue weighted by Crippen LogP contribution is 2.19. The minimum atomic E-state index is 0.535. The van der Waals surface area contributed by atoms with Gasteiger partial charge in [-0.05, 0) is 49.2 Å². The fraction of sp³-hybridized carbons (Fsp3) is 0.158. The van der Waals surface area contributed by atoms with E-state index in [1.807, 2.05) is 55.5 Å². The Hall–Kier alpha value is -2.30. The zero-order chi connectivity index (χ0) is 17.6. The highest BCUT2D eigenvalue weighted by Gasteiger charge is 2.04. The van der Waals surface area contributed by atoms with Crippen molar-refractivity contribution in [1.29, 1.82) is 0 Å². The third-order valence-electron chi connectivity index (χ3n) is 3.54. The number of benzene rings is 2. The predicted octanol–water partition coefficient (Wildman–Crippen LogP) is 5.49. The number of halogens is 2. The van der Waals surface area contributed by atoms with Crippen molar-refractivity contribution in [2.45, 2.75) is 13.3 Å². The smallest absolute Gasteiger partial charge is 0.229 e. The molecule has 1 heterocycles. The van der Waals surface area contributed by atoms with Gasteiger partial charge in [-0.25, -0.2) is 4.98 Å². The molecule has 0 unspecified atom stereocenters. The molecule has 0 aliphatic carbocycles. The second-order valence-corrected chi connectivity index (χ2v) is 6.53. The molecule has 25 heavy (non-hydrogen) atoms. The van der Waals surface area contributed by atoms with E-state index in [0.29, 0.717) is 11.0 Å². The molecule has 0 aliphatic heterocycles. The summed E-state index contributed by atoms with van der Waals surface area (Å²) in [6.45, 7) is 2.69. The van der Waals surface area contributed by atoms with E-state index < -0.39 is 0 Å². The topological polar surface area (TPSA) is 49.8 Å². The first-order valence-corrected chi connectivity index (χ1v) is 8.71. The summed E-state index contributed by atoms with van der Waals surface area (Å²) in [4.78, 5) is 8.92. The van der Waals surface area contributed by atoms with E-state index in [1.54, 1.807) is 0 Å². The van der Waals surface area contributed by atoms with Crippen molar-refractivity contribution in [3.8, 4) is 0 Å². The lowest BCUT2D eigenvalue weighted by Gasteiger charge is -2.10. The number of hydrogen-bond acceptors (Lipinski definition) is 4. The molecule has 128 valence electrons. The molecule has 0 saturated heterocycles. The number of aromatic nitrogens is 2. The van der Waals surface area contributed by atoms with Gasteiger partial charge in [-0.15, -0.1) is 0 Å². The second kappa shape index (κ2) is 8.19. The third kappa shape index (κ3) is 5.34. The van der Waals surface area contributed by atoms with Gasteiger partial charge in [-0.3, -0.25) is 0 Å². The van der Waals surface area contributed by atoms with Crippen LogP contribution in [0.15, 0.2) is 54.6 Å². The van der Waals surface area contributed by atoms with Crippen LogP contribution in [-0.2, 0) is 6.42 Å².